The summed E-state index contributed by atoms with van der Waals surface area (Å²) in [6.45, 7) is 1.50. The van der Waals surface area contributed by atoms with Gasteiger partial charge in [-0.1, -0.05) is 15.3 Å². The van der Waals surface area contributed by atoms with Crippen molar-refractivity contribution in [3.63, 3.8) is 0 Å². The van der Waals surface area contributed by atoms with Gasteiger partial charge in [0.2, 0.25) is 11.9 Å². The smallest absolute Gasteiger partial charge is 0.249 e. The molecule has 0 aliphatic heterocycles. The Kier molecular flexibility index (Phi) is 3.15. The van der Waals surface area contributed by atoms with E-state index in [9.17, 15) is 13.2 Å². The van der Waals surface area contributed by atoms with Gasteiger partial charge in [-0.05, 0) is 18.6 Å². The summed E-state index contributed by atoms with van der Waals surface area (Å²) in [6, 6.07) is 2.29. The van der Waals surface area contributed by atoms with Crippen molar-refractivity contribution in [3.8, 4) is 5.75 Å². The van der Waals surface area contributed by atoms with Gasteiger partial charge in [-0.15, -0.1) is 0 Å². The van der Waals surface area contributed by atoms with Gasteiger partial charge < -0.3 is 4.74 Å². The summed E-state index contributed by atoms with van der Waals surface area (Å²) in [5, 5.41) is 0. The fraction of sp³-hybridized carbons (Fsp3) is 0.250. The largest absolute Gasteiger partial charge is 0.454 e. The lowest BCUT2D eigenvalue weighted by Gasteiger charge is -2.10. The van der Waals surface area contributed by atoms with E-state index in [0.29, 0.717) is 5.56 Å². The van der Waals surface area contributed by atoms with Gasteiger partial charge in [0, 0.05) is 0 Å². The highest BCUT2D eigenvalue weighted by Gasteiger charge is 2.14. The minimum Gasteiger partial charge on any atom is -0.454 e. The molecule has 0 radical (unpaired) electrons. The number of rotatable bonds is 2. The zero-order valence-corrected chi connectivity index (χ0v) is 8.01. The summed E-state index contributed by atoms with van der Waals surface area (Å²) < 4.78 is 42.3. The van der Waals surface area contributed by atoms with E-state index in [-0.39, 0.29) is 5.75 Å². The van der Waals surface area contributed by atoms with Gasteiger partial charge in [0.15, 0.2) is 11.6 Å². The van der Waals surface area contributed by atoms with E-state index in [4.69, 9.17) is 0 Å². The lowest BCUT2D eigenvalue weighted by atomic mass is 10.2. The zero-order valence-electron chi connectivity index (χ0n) is 6.85. The first-order valence-corrected chi connectivity index (χ1v) is 4.20. The molecule has 1 nitrogen and oxygen atoms in total. The molecule has 0 spiro atoms. The molecule has 0 aromatic heterocycles. The molecule has 2 unspecified atom stereocenters. The summed E-state index contributed by atoms with van der Waals surface area (Å²) in [6.07, 6.45) is -1.74. The molecule has 13 heavy (non-hydrogen) atoms. The Morgan fingerprint density at radius 3 is 2.54 bits per heavy atom. The molecule has 0 saturated carbocycles. The maximum atomic E-state index is 12.9. The van der Waals surface area contributed by atoms with E-state index < -0.39 is 17.7 Å². The molecule has 1 rings (SSSR count). The summed E-state index contributed by atoms with van der Waals surface area (Å²) in [5.41, 5.74) is 0.351. The SMILES string of the molecule is Cc1ccc(F)c(F)c1OC(F)P. The predicted octanol–water partition coefficient (Wildman–Crippen LogP) is 2.78. The Labute approximate surface area is 76.1 Å². The van der Waals surface area contributed by atoms with Crippen LogP contribution in [0.5, 0.6) is 5.75 Å². The molecular weight excluding hydrogens is 200 g/mol. The second kappa shape index (κ2) is 3.97. The maximum absolute atomic E-state index is 12.9. The van der Waals surface area contributed by atoms with Crippen LogP contribution in [0.2, 0.25) is 0 Å². The number of halogens is 3. The molecule has 0 heterocycles. The minimum absolute atomic E-state index is 0.351. The topological polar surface area (TPSA) is 9.23 Å². The highest BCUT2D eigenvalue weighted by atomic mass is 31.0. The minimum atomic E-state index is -1.74. The molecular formula is C8H8F3OP. The molecule has 0 saturated heterocycles. The van der Waals surface area contributed by atoms with Crippen LogP contribution in [0.4, 0.5) is 13.2 Å². The Morgan fingerprint density at radius 2 is 2.00 bits per heavy atom. The molecule has 0 amide bonds. The van der Waals surface area contributed by atoms with Gasteiger partial charge in [0.05, 0.1) is 0 Å². The molecule has 0 aliphatic rings. The van der Waals surface area contributed by atoms with E-state index in [1.54, 1.807) is 9.24 Å². The highest BCUT2D eigenvalue weighted by Crippen LogP contribution is 2.26. The first kappa shape index (κ1) is 10.3. The summed E-state index contributed by atoms with van der Waals surface area (Å²) in [4.78, 5) is 0. The second-order valence-electron chi connectivity index (χ2n) is 2.48. The van der Waals surface area contributed by atoms with Crippen molar-refractivity contribution in [1.29, 1.82) is 0 Å². The first-order valence-electron chi connectivity index (χ1n) is 3.53. The molecule has 0 N–H and O–H groups in total. The average Bonchev–Trinajstić information content (AvgIpc) is 2.05. The van der Waals surface area contributed by atoms with Crippen molar-refractivity contribution in [2.75, 3.05) is 0 Å². The number of ether oxygens (including phenoxy) is 1. The number of alkyl halides is 1. The van der Waals surface area contributed by atoms with Gasteiger partial charge in [-0.25, -0.2) is 4.39 Å². The van der Waals surface area contributed by atoms with Gasteiger partial charge in [-0.3, -0.25) is 0 Å². The Bertz CT molecular complexity index is 315. The molecule has 2 atom stereocenters. The lowest BCUT2D eigenvalue weighted by molar-refractivity contribution is 0.144. The molecule has 0 bridgehead atoms. The molecule has 0 aliphatic carbocycles. The molecule has 0 fully saturated rings. The van der Waals surface area contributed by atoms with Gasteiger partial charge in [-0.2, -0.15) is 8.78 Å². The highest BCUT2D eigenvalue weighted by molar-refractivity contribution is 7.16. The normalized spacial score (nSPS) is 12.7. The van der Waals surface area contributed by atoms with Gasteiger partial charge in [0.1, 0.15) is 0 Å². The van der Waals surface area contributed by atoms with E-state index in [1.165, 1.54) is 13.0 Å². The van der Waals surface area contributed by atoms with Crippen molar-refractivity contribution in [2.45, 2.75) is 13.0 Å². The maximum Gasteiger partial charge on any atom is 0.249 e. The van der Waals surface area contributed by atoms with Crippen molar-refractivity contribution in [3.05, 3.63) is 29.3 Å². The van der Waals surface area contributed by atoms with Crippen molar-refractivity contribution < 1.29 is 17.9 Å². The molecule has 5 heteroatoms. The average molecular weight is 208 g/mol. The van der Waals surface area contributed by atoms with Crippen LogP contribution < -0.4 is 4.74 Å². The number of aryl methyl sites for hydroxylation is 1. The molecule has 1 aromatic carbocycles. The third kappa shape index (κ3) is 2.34. The van der Waals surface area contributed by atoms with Crippen LogP contribution in [-0.4, -0.2) is 6.10 Å². The lowest BCUT2D eigenvalue weighted by Crippen LogP contribution is -2.04. The molecule has 72 valence electrons. The van der Waals surface area contributed by atoms with Crippen LogP contribution in [0, 0.1) is 18.6 Å². The first-order chi connectivity index (χ1) is 6.02. The summed E-state index contributed by atoms with van der Waals surface area (Å²) >= 11 is 0. The fourth-order valence-electron chi connectivity index (χ4n) is 0.886. The van der Waals surface area contributed by atoms with E-state index in [2.05, 4.69) is 4.74 Å². The Balaban J connectivity index is 3.10. The monoisotopic (exact) mass is 208 g/mol. The van der Waals surface area contributed by atoms with E-state index in [1.807, 2.05) is 0 Å². The quantitative estimate of drug-likeness (QED) is 0.679. The number of hydrogen-bond acceptors (Lipinski definition) is 1. The summed E-state index contributed by atoms with van der Waals surface area (Å²) in [5.74, 6) is -2.60. The van der Waals surface area contributed by atoms with E-state index >= 15 is 0 Å². The van der Waals surface area contributed by atoms with Crippen LogP contribution in [-0.2, 0) is 0 Å². The second-order valence-corrected chi connectivity index (χ2v) is 3.00. The fourth-order valence-corrected chi connectivity index (χ4v) is 1.02. The van der Waals surface area contributed by atoms with Crippen LogP contribution in [0.15, 0.2) is 12.1 Å². The third-order valence-corrected chi connectivity index (χ3v) is 1.61. The summed E-state index contributed by atoms with van der Waals surface area (Å²) in [7, 11) is 1.69. The Morgan fingerprint density at radius 1 is 1.38 bits per heavy atom. The van der Waals surface area contributed by atoms with Crippen molar-refractivity contribution in [1.82, 2.24) is 0 Å². The predicted molar refractivity (Wildman–Crippen MR) is 46.3 cm³/mol. The van der Waals surface area contributed by atoms with E-state index in [0.717, 1.165) is 6.07 Å². The zero-order chi connectivity index (χ0) is 10.0. The van der Waals surface area contributed by atoms with Gasteiger partial charge in [0.25, 0.3) is 0 Å². The van der Waals surface area contributed by atoms with Crippen LogP contribution in [0.1, 0.15) is 5.56 Å². The Hall–Kier alpha value is -0.760. The van der Waals surface area contributed by atoms with Crippen molar-refractivity contribution in [2.24, 2.45) is 0 Å². The molecule has 1 aromatic rings. The van der Waals surface area contributed by atoms with Crippen molar-refractivity contribution >= 4 is 9.24 Å². The van der Waals surface area contributed by atoms with Crippen LogP contribution >= 0.6 is 9.24 Å². The number of benzene rings is 1. The van der Waals surface area contributed by atoms with Crippen LogP contribution in [0.3, 0.4) is 0 Å². The third-order valence-electron chi connectivity index (χ3n) is 1.48. The number of hydrogen-bond donors (Lipinski definition) is 0. The van der Waals surface area contributed by atoms with Gasteiger partial charge >= 0.3 is 0 Å². The standard InChI is InChI=1S/C8H8F3OP/c1-4-2-3-5(9)6(10)7(4)12-8(11)13/h2-3,8H,13H2,1H3. The van der Waals surface area contributed by atoms with Crippen LogP contribution in [0.25, 0.3) is 0 Å².